The number of anilines is 1. The highest BCUT2D eigenvalue weighted by Crippen LogP contribution is 2.22. The number of hydrogen-bond donors (Lipinski definition) is 1. The van der Waals surface area contributed by atoms with Gasteiger partial charge >= 0.3 is 0 Å². The largest absolute Gasteiger partial charge is 0.355 e. The summed E-state index contributed by atoms with van der Waals surface area (Å²) in [5.41, 5.74) is 3.95. The van der Waals surface area contributed by atoms with Crippen LogP contribution in [0.1, 0.15) is 21.6 Å². The van der Waals surface area contributed by atoms with Gasteiger partial charge < -0.3 is 9.84 Å². The quantitative estimate of drug-likeness (QED) is 0.529. The van der Waals surface area contributed by atoms with E-state index < -0.39 is 0 Å². The maximum absolute atomic E-state index is 12.4. The summed E-state index contributed by atoms with van der Waals surface area (Å²) in [6.07, 6.45) is 3.39. The van der Waals surface area contributed by atoms with E-state index in [1.54, 1.807) is 47.4 Å². The molecule has 6 nitrogen and oxygen atoms in total. The lowest BCUT2D eigenvalue weighted by Crippen LogP contribution is -2.11. The molecule has 2 aromatic heterocycles. The second-order valence-corrected chi connectivity index (χ2v) is 6.83. The van der Waals surface area contributed by atoms with Gasteiger partial charge in [0.2, 0.25) is 0 Å². The Hall–Kier alpha value is -3.38. The molecule has 4 rings (SSSR count). The molecule has 0 unspecified atom stereocenters. The number of halogens is 1. The topological polar surface area (TPSA) is 73.0 Å². The highest BCUT2D eigenvalue weighted by molar-refractivity contribution is 6.30. The van der Waals surface area contributed by atoms with Crippen LogP contribution >= 0.6 is 11.6 Å². The van der Waals surface area contributed by atoms with Gasteiger partial charge in [0.25, 0.3) is 5.91 Å². The predicted octanol–water partition coefficient (Wildman–Crippen LogP) is 4.80. The van der Waals surface area contributed by atoms with Crippen LogP contribution in [0, 0.1) is 6.92 Å². The number of hydrogen-bond acceptors (Lipinski definition) is 4. The second-order valence-electron chi connectivity index (χ2n) is 6.39. The molecule has 4 aromatic rings. The summed E-state index contributed by atoms with van der Waals surface area (Å²) < 4.78 is 7.05. The van der Waals surface area contributed by atoms with Crippen molar-refractivity contribution in [2.45, 2.75) is 13.5 Å². The number of rotatable bonds is 5. The fourth-order valence-electron chi connectivity index (χ4n) is 2.80. The summed E-state index contributed by atoms with van der Waals surface area (Å²) in [4.78, 5) is 12.4. The molecule has 140 valence electrons. The van der Waals surface area contributed by atoms with Gasteiger partial charge in [0.15, 0.2) is 11.5 Å². The lowest BCUT2D eigenvalue weighted by Gasteiger charge is -2.05. The van der Waals surface area contributed by atoms with E-state index in [2.05, 4.69) is 34.6 Å². The molecule has 0 saturated carbocycles. The van der Waals surface area contributed by atoms with Crippen molar-refractivity contribution in [1.29, 1.82) is 0 Å². The Morgan fingerprint density at radius 2 is 1.96 bits per heavy atom. The van der Waals surface area contributed by atoms with E-state index in [1.165, 1.54) is 11.1 Å². The summed E-state index contributed by atoms with van der Waals surface area (Å²) in [5, 5.41) is 11.6. The van der Waals surface area contributed by atoms with Crippen LogP contribution in [0.3, 0.4) is 0 Å². The van der Waals surface area contributed by atoms with Crippen LogP contribution in [-0.2, 0) is 6.54 Å². The van der Waals surface area contributed by atoms with E-state index in [1.807, 2.05) is 12.1 Å². The first-order valence-corrected chi connectivity index (χ1v) is 9.07. The number of benzene rings is 2. The Balaban J connectivity index is 1.44. The summed E-state index contributed by atoms with van der Waals surface area (Å²) >= 11 is 5.89. The van der Waals surface area contributed by atoms with Crippen molar-refractivity contribution >= 4 is 23.2 Å². The van der Waals surface area contributed by atoms with Crippen molar-refractivity contribution < 1.29 is 9.32 Å². The van der Waals surface area contributed by atoms with Crippen molar-refractivity contribution in [3.63, 3.8) is 0 Å². The molecule has 0 aliphatic heterocycles. The number of nitrogens with one attached hydrogen (secondary N) is 1. The van der Waals surface area contributed by atoms with Crippen LogP contribution in [0.15, 0.2) is 71.5 Å². The van der Waals surface area contributed by atoms with Crippen LogP contribution in [-0.4, -0.2) is 20.8 Å². The fourth-order valence-corrected chi connectivity index (χ4v) is 2.93. The molecule has 7 heteroatoms. The Bertz CT molecular complexity index is 1120. The lowest BCUT2D eigenvalue weighted by molar-refractivity contribution is 0.101. The minimum Gasteiger partial charge on any atom is -0.355 e. The molecular weight excluding hydrogens is 376 g/mol. The van der Waals surface area contributed by atoms with Crippen LogP contribution in [0.25, 0.3) is 11.3 Å². The molecule has 0 aliphatic carbocycles. The predicted molar refractivity (Wildman–Crippen MR) is 107 cm³/mol. The van der Waals surface area contributed by atoms with E-state index in [-0.39, 0.29) is 11.6 Å². The smallest absolute Gasteiger partial charge is 0.277 e. The fraction of sp³-hybridized carbons (Fsp3) is 0.0952. The number of amides is 1. The SMILES string of the molecule is Cc1ccccc1Cn1cc(NC(=O)c2cc(-c3ccc(Cl)cc3)on2)cn1. The van der Waals surface area contributed by atoms with E-state index in [0.717, 1.165) is 5.56 Å². The van der Waals surface area contributed by atoms with Gasteiger partial charge in [-0.15, -0.1) is 0 Å². The normalized spacial score (nSPS) is 10.8. The Labute approximate surface area is 166 Å². The molecule has 2 heterocycles. The number of nitrogens with zero attached hydrogens (tertiary/aromatic N) is 3. The first-order valence-electron chi connectivity index (χ1n) is 8.69. The maximum Gasteiger partial charge on any atom is 0.277 e. The number of carbonyl (C=O) groups is 1. The van der Waals surface area contributed by atoms with Crippen LogP contribution < -0.4 is 5.32 Å². The van der Waals surface area contributed by atoms with E-state index in [4.69, 9.17) is 16.1 Å². The molecule has 2 aromatic carbocycles. The molecule has 1 amide bonds. The molecule has 0 saturated heterocycles. The summed E-state index contributed by atoms with van der Waals surface area (Å²) in [6.45, 7) is 2.69. The molecular formula is C21H17ClN4O2. The van der Waals surface area contributed by atoms with Crippen molar-refractivity contribution in [3.05, 3.63) is 88.8 Å². The second kappa shape index (κ2) is 7.70. The van der Waals surface area contributed by atoms with Gasteiger partial charge in [0, 0.05) is 22.8 Å². The molecule has 0 spiro atoms. The van der Waals surface area contributed by atoms with Gasteiger partial charge in [-0.3, -0.25) is 9.48 Å². The third-order valence-corrected chi connectivity index (χ3v) is 4.61. The highest BCUT2D eigenvalue weighted by Gasteiger charge is 2.15. The van der Waals surface area contributed by atoms with Crippen molar-refractivity contribution in [3.8, 4) is 11.3 Å². The minimum absolute atomic E-state index is 0.191. The highest BCUT2D eigenvalue weighted by atomic mass is 35.5. The first kappa shape index (κ1) is 18.0. The third-order valence-electron chi connectivity index (χ3n) is 4.36. The van der Waals surface area contributed by atoms with E-state index in [0.29, 0.717) is 23.0 Å². The number of aryl methyl sites for hydroxylation is 1. The monoisotopic (exact) mass is 392 g/mol. The Kier molecular flexibility index (Phi) is 4.95. The molecule has 0 radical (unpaired) electrons. The molecule has 0 fully saturated rings. The zero-order valence-electron chi connectivity index (χ0n) is 15.1. The van der Waals surface area contributed by atoms with Gasteiger partial charge in [0.1, 0.15) is 0 Å². The lowest BCUT2D eigenvalue weighted by atomic mass is 10.1. The molecule has 0 atom stereocenters. The molecule has 28 heavy (non-hydrogen) atoms. The van der Waals surface area contributed by atoms with Crippen LogP contribution in [0.5, 0.6) is 0 Å². The van der Waals surface area contributed by atoms with Crippen molar-refractivity contribution in [1.82, 2.24) is 14.9 Å². The minimum atomic E-state index is -0.362. The zero-order valence-corrected chi connectivity index (χ0v) is 15.8. The van der Waals surface area contributed by atoms with E-state index in [9.17, 15) is 4.79 Å². The van der Waals surface area contributed by atoms with Gasteiger partial charge in [0.05, 0.1) is 18.4 Å². The molecule has 1 N–H and O–H groups in total. The van der Waals surface area contributed by atoms with Gasteiger partial charge in [-0.1, -0.05) is 41.0 Å². The van der Waals surface area contributed by atoms with Crippen molar-refractivity contribution in [2.75, 3.05) is 5.32 Å². The standard InChI is InChI=1S/C21H17ClN4O2/c1-14-4-2-3-5-16(14)12-26-13-18(11-23-26)24-21(27)19-10-20(28-25-19)15-6-8-17(22)9-7-15/h2-11,13H,12H2,1H3,(H,24,27). The first-order chi connectivity index (χ1) is 13.6. The van der Waals surface area contributed by atoms with Gasteiger partial charge in [-0.25, -0.2) is 0 Å². The van der Waals surface area contributed by atoms with Gasteiger partial charge in [-0.05, 0) is 42.3 Å². The average molecular weight is 393 g/mol. The maximum atomic E-state index is 12.4. The third kappa shape index (κ3) is 3.97. The summed E-state index contributed by atoms with van der Waals surface area (Å²) in [7, 11) is 0. The summed E-state index contributed by atoms with van der Waals surface area (Å²) in [5.74, 6) is 0.136. The summed E-state index contributed by atoms with van der Waals surface area (Å²) in [6, 6.07) is 16.8. The van der Waals surface area contributed by atoms with Crippen molar-refractivity contribution in [2.24, 2.45) is 0 Å². The average Bonchev–Trinajstić information content (AvgIpc) is 3.34. The zero-order chi connectivity index (χ0) is 19.5. The number of aromatic nitrogens is 3. The van der Waals surface area contributed by atoms with Gasteiger partial charge in [-0.2, -0.15) is 5.10 Å². The molecule has 0 aliphatic rings. The molecule has 0 bridgehead atoms. The number of carbonyl (C=O) groups excluding carboxylic acids is 1. The van der Waals surface area contributed by atoms with Crippen LogP contribution in [0.2, 0.25) is 5.02 Å². The van der Waals surface area contributed by atoms with E-state index >= 15 is 0 Å². The Morgan fingerprint density at radius 1 is 1.18 bits per heavy atom. The van der Waals surface area contributed by atoms with Crippen LogP contribution in [0.4, 0.5) is 5.69 Å². The Morgan fingerprint density at radius 3 is 2.75 bits per heavy atom.